The number of benzene rings is 1. The number of nitrogens with zero attached hydrogens (tertiary/aromatic N) is 4. The van der Waals surface area contributed by atoms with Crippen molar-refractivity contribution in [1.29, 1.82) is 0 Å². The highest BCUT2D eigenvalue weighted by molar-refractivity contribution is 5.69. The Kier molecular flexibility index (Phi) is 7.27. The van der Waals surface area contributed by atoms with E-state index in [1.165, 1.54) is 18.5 Å². The summed E-state index contributed by atoms with van der Waals surface area (Å²) in [7, 11) is 0. The first kappa shape index (κ1) is 25.2. The molecule has 8 nitrogen and oxygen atoms in total. The molecule has 4 rings (SSSR count). The van der Waals surface area contributed by atoms with Crippen molar-refractivity contribution in [3.05, 3.63) is 60.4 Å². The maximum absolute atomic E-state index is 13.6. The third-order valence-corrected chi connectivity index (χ3v) is 5.22. The molecular formula is C25H25F3N4O4. The molecule has 1 amide bonds. The van der Waals surface area contributed by atoms with Crippen LogP contribution in [0.2, 0.25) is 0 Å². The lowest BCUT2D eigenvalue weighted by Gasteiger charge is -2.39. The Labute approximate surface area is 206 Å². The van der Waals surface area contributed by atoms with Gasteiger partial charge in [0.2, 0.25) is 0 Å². The van der Waals surface area contributed by atoms with Crippen molar-refractivity contribution < 1.29 is 32.2 Å². The third-order valence-electron chi connectivity index (χ3n) is 5.22. The Morgan fingerprint density at radius 3 is 2.47 bits per heavy atom. The van der Waals surface area contributed by atoms with Gasteiger partial charge in [-0.25, -0.2) is 19.2 Å². The average molecular weight is 502 g/mol. The van der Waals surface area contributed by atoms with Crippen molar-refractivity contribution in [3.8, 4) is 28.6 Å². The Balaban J connectivity index is 1.35. The van der Waals surface area contributed by atoms with E-state index in [1.807, 2.05) is 26.8 Å². The van der Waals surface area contributed by atoms with Gasteiger partial charge in [0.25, 0.3) is 0 Å². The summed E-state index contributed by atoms with van der Waals surface area (Å²) in [6.07, 6.45) is 7.00. The van der Waals surface area contributed by atoms with E-state index in [2.05, 4.69) is 19.7 Å². The van der Waals surface area contributed by atoms with Crippen molar-refractivity contribution in [2.45, 2.75) is 39.4 Å². The lowest BCUT2D eigenvalue weighted by molar-refractivity contribution is -0.0522. The van der Waals surface area contributed by atoms with Crippen LogP contribution in [0.5, 0.6) is 17.5 Å². The normalized spacial score (nSPS) is 13.9. The number of amides is 1. The van der Waals surface area contributed by atoms with Crippen LogP contribution in [-0.2, 0) is 11.2 Å². The molecule has 1 aliphatic rings. The molecule has 1 fully saturated rings. The largest absolute Gasteiger partial charge is 0.444 e. The van der Waals surface area contributed by atoms with Crippen LogP contribution in [0.4, 0.5) is 18.0 Å². The molecular weight excluding hydrogens is 477 g/mol. The minimum absolute atomic E-state index is 0.0457. The summed E-state index contributed by atoms with van der Waals surface area (Å²) in [5, 5.41) is 0. The molecule has 0 atom stereocenters. The van der Waals surface area contributed by atoms with Crippen LogP contribution in [0.15, 0.2) is 49.1 Å². The summed E-state index contributed by atoms with van der Waals surface area (Å²) in [5.41, 5.74) is 1.99. The molecule has 1 saturated heterocycles. The molecule has 0 bridgehead atoms. The van der Waals surface area contributed by atoms with E-state index >= 15 is 0 Å². The summed E-state index contributed by atoms with van der Waals surface area (Å²) in [6, 6.07) is 5.14. The lowest BCUT2D eigenvalue weighted by atomic mass is 9.92. The van der Waals surface area contributed by atoms with Crippen molar-refractivity contribution in [2.75, 3.05) is 13.1 Å². The number of ether oxygens (including phenoxy) is 3. The topological polar surface area (TPSA) is 86.7 Å². The number of carbonyl (C=O) groups is 1. The van der Waals surface area contributed by atoms with Crippen molar-refractivity contribution in [2.24, 2.45) is 5.92 Å². The monoisotopic (exact) mass is 502 g/mol. The number of likely N-dealkylation sites (tertiary alicyclic amines) is 1. The summed E-state index contributed by atoms with van der Waals surface area (Å²) < 4.78 is 53.4. The number of rotatable bonds is 7. The molecule has 2 aromatic heterocycles. The molecule has 0 spiro atoms. The van der Waals surface area contributed by atoms with Crippen LogP contribution in [0, 0.1) is 11.7 Å². The number of hydrogen-bond acceptors (Lipinski definition) is 7. The molecule has 0 saturated carbocycles. The van der Waals surface area contributed by atoms with Crippen LogP contribution < -0.4 is 9.47 Å². The summed E-state index contributed by atoms with van der Waals surface area (Å²) in [4.78, 5) is 26.4. The molecule has 1 aliphatic heterocycles. The zero-order valence-corrected chi connectivity index (χ0v) is 20.0. The molecule has 36 heavy (non-hydrogen) atoms. The molecule has 3 aromatic rings. The molecule has 0 radical (unpaired) electrons. The first-order valence-electron chi connectivity index (χ1n) is 11.2. The Morgan fingerprint density at radius 2 is 1.81 bits per heavy atom. The SMILES string of the molecule is CC(C)(C)OC(=O)N1CC(Cc2cncc(-c3cnc(Oc4ccc(F)c(OC(F)F)c4)nc3)c2)C1. The predicted molar refractivity (Wildman–Crippen MR) is 123 cm³/mol. The Morgan fingerprint density at radius 1 is 1.08 bits per heavy atom. The first-order chi connectivity index (χ1) is 17.1. The van der Waals surface area contributed by atoms with E-state index < -0.39 is 23.8 Å². The summed E-state index contributed by atoms with van der Waals surface area (Å²) in [6.45, 7) is 3.61. The smallest absolute Gasteiger partial charge is 0.410 e. The maximum atomic E-state index is 13.6. The van der Waals surface area contributed by atoms with Gasteiger partial charge in [0.05, 0.1) is 0 Å². The van der Waals surface area contributed by atoms with Gasteiger partial charge in [0.1, 0.15) is 11.4 Å². The summed E-state index contributed by atoms with van der Waals surface area (Å²) >= 11 is 0. The fourth-order valence-corrected chi connectivity index (χ4v) is 3.62. The number of carbonyl (C=O) groups excluding carboxylic acids is 1. The molecule has 0 N–H and O–H groups in total. The van der Waals surface area contributed by atoms with Gasteiger partial charge in [-0.05, 0) is 56.9 Å². The second-order valence-electron chi connectivity index (χ2n) is 9.36. The number of aromatic nitrogens is 3. The maximum Gasteiger partial charge on any atom is 0.410 e. The summed E-state index contributed by atoms with van der Waals surface area (Å²) in [5.74, 6) is -1.21. The third kappa shape index (κ3) is 6.61. The van der Waals surface area contributed by atoms with E-state index in [-0.39, 0.29) is 17.9 Å². The minimum Gasteiger partial charge on any atom is -0.444 e. The highest BCUT2D eigenvalue weighted by atomic mass is 19.3. The van der Waals surface area contributed by atoms with Crippen LogP contribution in [0.3, 0.4) is 0 Å². The van der Waals surface area contributed by atoms with Crippen LogP contribution in [-0.4, -0.2) is 51.2 Å². The second kappa shape index (κ2) is 10.4. The Bertz CT molecular complexity index is 1210. The van der Waals surface area contributed by atoms with Crippen LogP contribution in [0.25, 0.3) is 11.1 Å². The fraction of sp³-hybridized carbons (Fsp3) is 0.360. The van der Waals surface area contributed by atoms with Gasteiger partial charge in [-0.3, -0.25) is 4.98 Å². The lowest BCUT2D eigenvalue weighted by Crippen LogP contribution is -2.52. The van der Waals surface area contributed by atoms with Crippen molar-refractivity contribution in [1.82, 2.24) is 19.9 Å². The van der Waals surface area contributed by atoms with Gasteiger partial charge < -0.3 is 19.1 Å². The number of hydrogen-bond donors (Lipinski definition) is 0. The van der Waals surface area contributed by atoms with Crippen molar-refractivity contribution in [3.63, 3.8) is 0 Å². The standard InChI is InChI=1S/C25H25F3N4O4/c1-25(2,3)36-24(33)32-13-16(14-32)6-15-7-17(10-29-9-15)18-11-30-23(31-12-18)34-19-4-5-20(26)21(8-19)35-22(27)28/h4-5,7-12,16,22H,6,13-14H2,1-3H3. The molecule has 0 unspecified atom stereocenters. The molecule has 190 valence electrons. The highest BCUT2D eigenvalue weighted by Gasteiger charge is 2.33. The van der Waals surface area contributed by atoms with Gasteiger partial charge in [-0.2, -0.15) is 8.78 Å². The zero-order valence-electron chi connectivity index (χ0n) is 20.0. The van der Waals surface area contributed by atoms with Gasteiger partial charge in [-0.1, -0.05) is 0 Å². The Hall–Kier alpha value is -3.89. The second-order valence-corrected chi connectivity index (χ2v) is 9.36. The molecule has 11 heteroatoms. The number of halogens is 3. The molecule has 1 aromatic carbocycles. The van der Waals surface area contributed by atoms with Crippen molar-refractivity contribution >= 4 is 6.09 Å². The van der Waals surface area contributed by atoms with E-state index in [9.17, 15) is 18.0 Å². The van der Waals surface area contributed by atoms with Gasteiger partial charge in [-0.15, -0.1) is 0 Å². The van der Waals surface area contributed by atoms with E-state index in [4.69, 9.17) is 9.47 Å². The quantitative estimate of drug-likeness (QED) is 0.423. The van der Waals surface area contributed by atoms with Crippen LogP contribution in [0.1, 0.15) is 26.3 Å². The predicted octanol–water partition coefficient (Wildman–Crippen LogP) is 5.48. The number of alkyl halides is 2. The zero-order chi connectivity index (χ0) is 25.9. The van der Waals surface area contributed by atoms with Gasteiger partial charge in [0, 0.05) is 55.1 Å². The van der Waals surface area contributed by atoms with E-state index in [0.717, 1.165) is 29.7 Å². The van der Waals surface area contributed by atoms with E-state index in [0.29, 0.717) is 24.6 Å². The molecule has 3 heterocycles. The average Bonchev–Trinajstić information content (AvgIpc) is 2.77. The molecule has 0 aliphatic carbocycles. The van der Waals surface area contributed by atoms with Gasteiger partial charge >= 0.3 is 18.7 Å². The van der Waals surface area contributed by atoms with Gasteiger partial charge in [0.15, 0.2) is 11.6 Å². The minimum atomic E-state index is -3.16. The highest BCUT2D eigenvalue weighted by Crippen LogP contribution is 2.29. The van der Waals surface area contributed by atoms with E-state index in [1.54, 1.807) is 17.3 Å². The fourth-order valence-electron chi connectivity index (χ4n) is 3.62. The number of pyridine rings is 1. The van der Waals surface area contributed by atoms with Crippen LogP contribution >= 0.6 is 0 Å². The first-order valence-corrected chi connectivity index (χ1v) is 11.2.